The molecule has 1 aliphatic rings. The lowest BCUT2D eigenvalue weighted by atomic mass is 9.98. The average Bonchev–Trinajstić information content (AvgIpc) is 3.20. The number of nitrogens with zero attached hydrogens (tertiary/aromatic N) is 2. The molecule has 0 unspecified atom stereocenters. The van der Waals surface area contributed by atoms with Gasteiger partial charge in [-0.05, 0) is 47.5 Å². The van der Waals surface area contributed by atoms with E-state index in [1.807, 2.05) is 0 Å². The fraction of sp³-hybridized carbons (Fsp3) is 0.179. The molecule has 4 rings (SSSR count). The van der Waals surface area contributed by atoms with Crippen LogP contribution in [0.3, 0.4) is 0 Å². The molecule has 0 atom stereocenters. The molecule has 0 aliphatic carbocycles. The van der Waals surface area contributed by atoms with Gasteiger partial charge in [-0.3, -0.25) is 18.7 Å². The summed E-state index contributed by atoms with van der Waals surface area (Å²) in [6, 6.07) is 18.3. The number of carbonyl (C=O) groups excluding carboxylic acids is 2. The predicted molar refractivity (Wildman–Crippen MR) is 156 cm³/mol. The maximum atomic E-state index is 13.1. The molecule has 12 heteroatoms. The van der Waals surface area contributed by atoms with E-state index in [2.05, 4.69) is 10.6 Å². The molecule has 3 aromatic rings. The standard InChI is InChI=1S/C28H27ClN4O6S/c1-32(2)24(34)16-33(40(3,38)39)21-11-9-20(10-12-21)30-27(18-6-4-17(5-7-18)14-25(35)36)26-22-13-8-19(29)15-23(22)31-28(26)37/h4-13,15,30H,14,16H2,1-3H3,(H,31,37)(H,35,36)/b27-26-. The van der Waals surface area contributed by atoms with Gasteiger partial charge in [0.05, 0.1) is 35.3 Å². The van der Waals surface area contributed by atoms with Crippen molar-refractivity contribution in [1.29, 1.82) is 0 Å². The third kappa shape index (κ3) is 6.44. The summed E-state index contributed by atoms with van der Waals surface area (Å²) < 4.78 is 25.9. The van der Waals surface area contributed by atoms with Gasteiger partial charge in [0.2, 0.25) is 15.9 Å². The van der Waals surface area contributed by atoms with Crippen LogP contribution in [0.15, 0.2) is 66.7 Å². The number of likely N-dealkylation sites (N-methyl/N-ethyl adjacent to an activating group) is 1. The first-order chi connectivity index (χ1) is 18.8. The molecule has 0 fully saturated rings. The highest BCUT2D eigenvalue weighted by Gasteiger charge is 2.29. The van der Waals surface area contributed by atoms with Gasteiger partial charge in [0.25, 0.3) is 5.91 Å². The molecule has 10 nitrogen and oxygen atoms in total. The van der Waals surface area contributed by atoms with E-state index in [0.717, 1.165) is 10.6 Å². The van der Waals surface area contributed by atoms with Crippen molar-refractivity contribution < 1.29 is 27.9 Å². The average molecular weight is 583 g/mol. The van der Waals surface area contributed by atoms with Crippen molar-refractivity contribution in [3.63, 3.8) is 0 Å². The van der Waals surface area contributed by atoms with E-state index in [0.29, 0.717) is 50.0 Å². The number of sulfonamides is 1. The van der Waals surface area contributed by atoms with E-state index in [4.69, 9.17) is 16.7 Å². The van der Waals surface area contributed by atoms with Crippen LogP contribution < -0.4 is 14.9 Å². The second-order valence-electron chi connectivity index (χ2n) is 9.39. The number of nitrogens with one attached hydrogen (secondary N) is 2. The molecule has 0 saturated carbocycles. The Morgan fingerprint density at radius 2 is 1.65 bits per heavy atom. The van der Waals surface area contributed by atoms with Crippen LogP contribution in [0.5, 0.6) is 0 Å². The van der Waals surface area contributed by atoms with Crippen LogP contribution >= 0.6 is 11.6 Å². The van der Waals surface area contributed by atoms with Crippen LogP contribution in [-0.2, 0) is 30.8 Å². The Bertz CT molecular complexity index is 1620. The van der Waals surface area contributed by atoms with E-state index in [-0.39, 0.29) is 24.8 Å². The Balaban J connectivity index is 1.75. The third-order valence-corrected chi connectivity index (χ3v) is 7.55. The van der Waals surface area contributed by atoms with Crippen LogP contribution in [0, 0.1) is 0 Å². The fourth-order valence-electron chi connectivity index (χ4n) is 4.16. The number of amides is 2. The topological polar surface area (TPSA) is 136 Å². The minimum Gasteiger partial charge on any atom is -0.481 e. The highest BCUT2D eigenvalue weighted by atomic mass is 35.5. The molecule has 3 N–H and O–H groups in total. The van der Waals surface area contributed by atoms with Gasteiger partial charge in [0.15, 0.2) is 0 Å². The maximum Gasteiger partial charge on any atom is 0.307 e. The largest absolute Gasteiger partial charge is 0.481 e. The maximum absolute atomic E-state index is 13.1. The molecule has 3 aromatic carbocycles. The van der Waals surface area contributed by atoms with Crippen LogP contribution in [0.4, 0.5) is 17.1 Å². The molecule has 2 amide bonds. The second kappa shape index (κ2) is 11.4. The lowest BCUT2D eigenvalue weighted by molar-refractivity contribution is -0.136. The first-order valence-corrected chi connectivity index (χ1v) is 14.3. The third-order valence-electron chi connectivity index (χ3n) is 6.18. The Hall–Kier alpha value is -4.35. The van der Waals surface area contributed by atoms with Gasteiger partial charge in [-0.25, -0.2) is 8.42 Å². The number of hydrogen-bond donors (Lipinski definition) is 3. The van der Waals surface area contributed by atoms with E-state index in [9.17, 15) is 22.8 Å². The number of anilines is 3. The Morgan fingerprint density at radius 3 is 2.23 bits per heavy atom. The monoisotopic (exact) mass is 582 g/mol. The summed E-state index contributed by atoms with van der Waals surface area (Å²) in [6.07, 6.45) is 0.886. The van der Waals surface area contributed by atoms with Gasteiger partial charge in [0, 0.05) is 30.4 Å². The van der Waals surface area contributed by atoms with Crippen molar-refractivity contribution >= 4 is 67.7 Å². The number of hydrogen-bond acceptors (Lipinski definition) is 6. The summed E-state index contributed by atoms with van der Waals surface area (Å²) in [5.41, 5.74) is 4.07. The molecule has 0 bridgehead atoms. The predicted octanol–water partition coefficient (Wildman–Crippen LogP) is 3.75. The molecule has 0 radical (unpaired) electrons. The molecule has 1 heterocycles. The van der Waals surface area contributed by atoms with Crippen LogP contribution in [-0.4, -0.2) is 63.1 Å². The molecule has 40 heavy (non-hydrogen) atoms. The minimum absolute atomic E-state index is 0.143. The second-order valence-corrected chi connectivity index (χ2v) is 11.7. The highest BCUT2D eigenvalue weighted by Crippen LogP contribution is 2.39. The quantitative estimate of drug-likeness (QED) is 0.327. The van der Waals surface area contributed by atoms with Gasteiger partial charge in [-0.1, -0.05) is 41.9 Å². The van der Waals surface area contributed by atoms with Gasteiger partial charge in [-0.15, -0.1) is 0 Å². The molecule has 0 aromatic heterocycles. The summed E-state index contributed by atoms with van der Waals surface area (Å²) in [4.78, 5) is 37.8. The Labute approximate surface area is 236 Å². The van der Waals surface area contributed by atoms with E-state index in [1.165, 1.54) is 4.90 Å². The zero-order valence-electron chi connectivity index (χ0n) is 21.9. The Kier molecular flexibility index (Phi) is 8.17. The van der Waals surface area contributed by atoms with Crippen molar-refractivity contribution in [2.75, 3.05) is 41.8 Å². The lowest BCUT2D eigenvalue weighted by Gasteiger charge is -2.24. The van der Waals surface area contributed by atoms with Crippen molar-refractivity contribution in [2.45, 2.75) is 6.42 Å². The number of carbonyl (C=O) groups is 3. The first kappa shape index (κ1) is 28.7. The zero-order chi connectivity index (χ0) is 29.2. The van der Waals surface area contributed by atoms with Gasteiger partial charge in [0.1, 0.15) is 6.54 Å². The molecular formula is C28H27ClN4O6S. The molecular weight excluding hydrogens is 556 g/mol. The van der Waals surface area contributed by atoms with Crippen molar-refractivity contribution in [3.8, 4) is 0 Å². The van der Waals surface area contributed by atoms with Crippen molar-refractivity contribution in [1.82, 2.24) is 4.90 Å². The molecule has 0 saturated heterocycles. The summed E-state index contributed by atoms with van der Waals surface area (Å²) in [6.45, 7) is -0.351. The van der Waals surface area contributed by atoms with Crippen molar-refractivity contribution in [2.24, 2.45) is 0 Å². The summed E-state index contributed by atoms with van der Waals surface area (Å²) in [5.74, 6) is -1.69. The Morgan fingerprint density at radius 1 is 1.00 bits per heavy atom. The molecule has 0 spiro atoms. The highest BCUT2D eigenvalue weighted by molar-refractivity contribution is 7.92. The van der Waals surface area contributed by atoms with E-state index in [1.54, 1.807) is 80.8 Å². The summed E-state index contributed by atoms with van der Waals surface area (Å²) in [5, 5.41) is 15.7. The van der Waals surface area contributed by atoms with Crippen LogP contribution in [0.25, 0.3) is 11.3 Å². The van der Waals surface area contributed by atoms with Gasteiger partial charge >= 0.3 is 5.97 Å². The van der Waals surface area contributed by atoms with E-state index < -0.39 is 16.0 Å². The molecule has 1 aliphatic heterocycles. The smallest absolute Gasteiger partial charge is 0.307 e. The number of carboxylic acids is 1. The van der Waals surface area contributed by atoms with Crippen LogP contribution in [0.2, 0.25) is 5.02 Å². The number of halogens is 1. The number of fused-ring (bicyclic) bond motifs is 1. The number of rotatable bonds is 9. The SMILES string of the molecule is CN(C)C(=O)CN(c1ccc(N/C(=C2\C(=O)Nc3cc(Cl)ccc32)c2ccc(CC(=O)O)cc2)cc1)S(C)(=O)=O. The number of aliphatic carboxylic acids is 1. The summed E-state index contributed by atoms with van der Waals surface area (Å²) in [7, 11) is -0.653. The summed E-state index contributed by atoms with van der Waals surface area (Å²) >= 11 is 6.12. The van der Waals surface area contributed by atoms with E-state index >= 15 is 0 Å². The lowest BCUT2D eigenvalue weighted by Crippen LogP contribution is -2.39. The van der Waals surface area contributed by atoms with Crippen molar-refractivity contribution in [3.05, 3.63) is 88.4 Å². The zero-order valence-corrected chi connectivity index (χ0v) is 23.5. The minimum atomic E-state index is -3.74. The normalized spacial score (nSPS) is 13.8. The first-order valence-electron chi connectivity index (χ1n) is 12.0. The van der Waals surface area contributed by atoms with Gasteiger partial charge < -0.3 is 20.6 Å². The van der Waals surface area contributed by atoms with Crippen LogP contribution in [0.1, 0.15) is 16.7 Å². The fourth-order valence-corrected chi connectivity index (χ4v) is 5.18. The number of carboxylic acid groups (broad SMARTS) is 1. The molecule has 208 valence electrons. The van der Waals surface area contributed by atoms with Gasteiger partial charge in [-0.2, -0.15) is 0 Å². The number of benzene rings is 3.